The number of carbonyl (C=O) groups is 2. The Balaban J connectivity index is 2.95. The van der Waals surface area contributed by atoms with E-state index in [9.17, 15) is 9.59 Å². The monoisotopic (exact) mass is 169 g/mol. The number of piperidine rings is 1. The van der Waals surface area contributed by atoms with Gasteiger partial charge in [-0.2, -0.15) is 0 Å². The summed E-state index contributed by atoms with van der Waals surface area (Å²) in [5.41, 5.74) is -0.423. The van der Waals surface area contributed by atoms with Crippen molar-refractivity contribution in [1.82, 2.24) is 5.32 Å². The Labute approximate surface area is 72.5 Å². The molecule has 1 fully saturated rings. The van der Waals surface area contributed by atoms with Crippen LogP contribution >= 0.6 is 0 Å². The van der Waals surface area contributed by atoms with E-state index in [1.54, 1.807) is 0 Å². The van der Waals surface area contributed by atoms with E-state index < -0.39 is 5.41 Å². The molecule has 1 aliphatic rings. The van der Waals surface area contributed by atoms with Crippen molar-refractivity contribution in [2.45, 2.75) is 27.7 Å². The zero-order chi connectivity index (χ0) is 9.52. The molecule has 1 heterocycles. The number of imide groups is 1. The molecule has 2 amide bonds. The Bertz CT molecular complexity index is 233. The minimum atomic E-state index is -0.423. The van der Waals surface area contributed by atoms with Crippen LogP contribution in [0.5, 0.6) is 0 Å². The van der Waals surface area contributed by atoms with Crippen LogP contribution in [0.15, 0.2) is 0 Å². The summed E-state index contributed by atoms with van der Waals surface area (Å²) in [5, 5.41) is 2.37. The summed E-state index contributed by atoms with van der Waals surface area (Å²) in [5.74, 6) is -0.263. The Morgan fingerprint density at radius 2 is 1.75 bits per heavy atom. The molecule has 0 spiro atoms. The molecular formula is C9H15NO2. The average Bonchev–Trinajstić information content (AvgIpc) is 1.99. The fourth-order valence-electron chi connectivity index (χ4n) is 1.45. The first-order chi connectivity index (χ1) is 5.37. The first-order valence-electron chi connectivity index (χ1n) is 4.22. The first kappa shape index (κ1) is 9.23. The molecule has 3 heteroatoms. The molecule has 0 saturated carbocycles. The van der Waals surface area contributed by atoms with Crippen molar-refractivity contribution in [1.29, 1.82) is 0 Å². The molecule has 0 aromatic carbocycles. The molecule has 0 aromatic rings. The maximum absolute atomic E-state index is 11.4. The molecular weight excluding hydrogens is 154 g/mol. The van der Waals surface area contributed by atoms with Crippen molar-refractivity contribution in [3.05, 3.63) is 0 Å². The highest BCUT2D eigenvalue weighted by molar-refractivity contribution is 6.01. The Morgan fingerprint density at radius 1 is 1.25 bits per heavy atom. The molecule has 12 heavy (non-hydrogen) atoms. The number of rotatable bonds is 0. The number of nitrogens with one attached hydrogen (secondary N) is 1. The molecule has 1 N–H and O–H groups in total. The van der Waals surface area contributed by atoms with Gasteiger partial charge in [0, 0.05) is 11.3 Å². The predicted octanol–water partition coefficient (Wildman–Crippen LogP) is 0.941. The number of amides is 2. The maximum atomic E-state index is 11.4. The van der Waals surface area contributed by atoms with Gasteiger partial charge >= 0.3 is 0 Å². The molecule has 68 valence electrons. The molecule has 2 atom stereocenters. The average molecular weight is 169 g/mol. The van der Waals surface area contributed by atoms with Crippen LogP contribution in [0.1, 0.15) is 27.7 Å². The van der Waals surface area contributed by atoms with Crippen LogP contribution in [-0.2, 0) is 9.59 Å². The summed E-state index contributed by atoms with van der Waals surface area (Å²) in [4.78, 5) is 22.5. The van der Waals surface area contributed by atoms with E-state index in [4.69, 9.17) is 0 Å². The van der Waals surface area contributed by atoms with Crippen molar-refractivity contribution in [3.63, 3.8) is 0 Å². The molecule has 1 unspecified atom stereocenters. The van der Waals surface area contributed by atoms with E-state index in [0.29, 0.717) is 0 Å². The lowest BCUT2D eigenvalue weighted by atomic mass is 9.70. The van der Waals surface area contributed by atoms with Gasteiger partial charge in [-0.25, -0.2) is 0 Å². The Hall–Kier alpha value is -0.860. The van der Waals surface area contributed by atoms with Crippen LogP contribution in [0.3, 0.4) is 0 Å². The molecule has 1 aliphatic heterocycles. The number of carbonyl (C=O) groups excluding carboxylic acids is 2. The van der Waals surface area contributed by atoms with Crippen molar-refractivity contribution in [2.24, 2.45) is 17.3 Å². The van der Waals surface area contributed by atoms with Gasteiger partial charge in [-0.15, -0.1) is 0 Å². The van der Waals surface area contributed by atoms with Crippen LogP contribution in [0.25, 0.3) is 0 Å². The standard InChI is InChI=1S/C9H15NO2/c1-5-6(2)9(3,4)8(12)10-7(5)11/h5-6H,1-4H3,(H,10,11,12)/t5-,6?/m1/s1. The van der Waals surface area contributed by atoms with Gasteiger partial charge in [0.1, 0.15) is 0 Å². The second-order valence-electron chi connectivity index (χ2n) is 4.12. The minimum Gasteiger partial charge on any atom is -0.296 e. The lowest BCUT2D eigenvalue weighted by molar-refractivity contribution is -0.147. The van der Waals surface area contributed by atoms with E-state index in [1.807, 2.05) is 27.7 Å². The van der Waals surface area contributed by atoms with E-state index in [0.717, 1.165) is 0 Å². The fourth-order valence-corrected chi connectivity index (χ4v) is 1.45. The molecule has 1 saturated heterocycles. The zero-order valence-electron chi connectivity index (χ0n) is 7.97. The van der Waals surface area contributed by atoms with Gasteiger partial charge in [0.25, 0.3) is 0 Å². The molecule has 3 nitrogen and oxygen atoms in total. The number of hydrogen-bond donors (Lipinski definition) is 1. The summed E-state index contributed by atoms with van der Waals surface area (Å²) in [6, 6.07) is 0. The summed E-state index contributed by atoms with van der Waals surface area (Å²) in [7, 11) is 0. The van der Waals surface area contributed by atoms with Crippen LogP contribution in [0, 0.1) is 17.3 Å². The fraction of sp³-hybridized carbons (Fsp3) is 0.778. The lowest BCUT2D eigenvalue weighted by Crippen LogP contribution is -2.54. The highest BCUT2D eigenvalue weighted by Gasteiger charge is 2.44. The zero-order valence-corrected chi connectivity index (χ0v) is 7.97. The Kier molecular flexibility index (Phi) is 1.98. The van der Waals surface area contributed by atoms with Crippen LogP contribution < -0.4 is 5.32 Å². The molecule has 0 radical (unpaired) electrons. The van der Waals surface area contributed by atoms with Gasteiger partial charge in [-0.1, -0.05) is 27.7 Å². The SMILES string of the molecule is CC1[C@@H](C)C(=O)NC(=O)C1(C)C. The largest absolute Gasteiger partial charge is 0.296 e. The maximum Gasteiger partial charge on any atom is 0.232 e. The second-order valence-corrected chi connectivity index (χ2v) is 4.12. The van der Waals surface area contributed by atoms with Crippen molar-refractivity contribution in [2.75, 3.05) is 0 Å². The summed E-state index contributed by atoms with van der Waals surface area (Å²) in [6.45, 7) is 7.54. The number of hydrogen-bond acceptors (Lipinski definition) is 2. The lowest BCUT2D eigenvalue weighted by Gasteiger charge is -2.38. The predicted molar refractivity (Wildman–Crippen MR) is 45.3 cm³/mol. The summed E-state index contributed by atoms with van der Waals surface area (Å²) >= 11 is 0. The van der Waals surface area contributed by atoms with E-state index >= 15 is 0 Å². The van der Waals surface area contributed by atoms with Crippen molar-refractivity contribution >= 4 is 11.8 Å². The van der Waals surface area contributed by atoms with Gasteiger partial charge in [0.2, 0.25) is 11.8 Å². The second kappa shape index (κ2) is 2.57. The quantitative estimate of drug-likeness (QED) is 0.548. The smallest absolute Gasteiger partial charge is 0.232 e. The third kappa shape index (κ3) is 1.13. The molecule has 1 rings (SSSR count). The van der Waals surface area contributed by atoms with Crippen molar-refractivity contribution < 1.29 is 9.59 Å². The molecule has 0 aliphatic carbocycles. The first-order valence-corrected chi connectivity index (χ1v) is 4.22. The topological polar surface area (TPSA) is 46.2 Å². The molecule has 0 bridgehead atoms. The van der Waals surface area contributed by atoms with Gasteiger partial charge in [0.15, 0.2) is 0 Å². The van der Waals surface area contributed by atoms with Crippen LogP contribution in [0.4, 0.5) is 0 Å². The van der Waals surface area contributed by atoms with E-state index in [1.165, 1.54) is 0 Å². The van der Waals surface area contributed by atoms with E-state index in [2.05, 4.69) is 5.32 Å². The minimum absolute atomic E-state index is 0.0716. The highest BCUT2D eigenvalue weighted by atomic mass is 16.2. The van der Waals surface area contributed by atoms with E-state index in [-0.39, 0.29) is 23.7 Å². The highest BCUT2D eigenvalue weighted by Crippen LogP contribution is 2.35. The third-order valence-corrected chi connectivity index (χ3v) is 3.12. The van der Waals surface area contributed by atoms with Gasteiger partial charge in [-0.05, 0) is 5.92 Å². The van der Waals surface area contributed by atoms with Gasteiger partial charge < -0.3 is 0 Å². The van der Waals surface area contributed by atoms with Gasteiger partial charge in [0.05, 0.1) is 0 Å². The van der Waals surface area contributed by atoms with Crippen molar-refractivity contribution in [3.8, 4) is 0 Å². The van der Waals surface area contributed by atoms with Crippen LogP contribution in [0.2, 0.25) is 0 Å². The van der Waals surface area contributed by atoms with Crippen LogP contribution in [-0.4, -0.2) is 11.8 Å². The molecule has 0 aromatic heterocycles. The normalized spacial score (nSPS) is 34.7. The summed E-state index contributed by atoms with van der Waals surface area (Å²) in [6.07, 6.45) is 0. The van der Waals surface area contributed by atoms with Gasteiger partial charge in [-0.3, -0.25) is 14.9 Å². The third-order valence-electron chi connectivity index (χ3n) is 3.12. The Morgan fingerprint density at radius 3 is 2.25 bits per heavy atom. The summed E-state index contributed by atoms with van der Waals surface area (Å²) < 4.78 is 0.